The Hall–Kier alpha value is -1.05. The normalized spacial score (nSPS) is 38.8. The van der Waals surface area contributed by atoms with E-state index >= 15 is 0 Å². The zero-order valence-corrected chi connectivity index (χ0v) is 6.94. The SMILES string of the molecule is C[C@H]1[C@H](O)[C@@H](O)[C@@H](O)c2nnnn21. The molecule has 0 bridgehead atoms. The van der Waals surface area contributed by atoms with Crippen LogP contribution in [0.15, 0.2) is 0 Å². The molecule has 0 fully saturated rings. The largest absolute Gasteiger partial charge is 0.388 e. The van der Waals surface area contributed by atoms with Crippen LogP contribution < -0.4 is 0 Å². The molecule has 7 heteroatoms. The van der Waals surface area contributed by atoms with E-state index in [0.29, 0.717) is 0 Å². The first-order valence-corrected chi connectivity index (χ1v) is 3.95. The highest BCUT2D eigenvalue weighted by Crippen LogP contribution is 2.29. The minimum Gasteiger partial charge on any atom is -0.388 e. The summed E-state index contributed by atoms with van der Waals surface area (Å²) in [5.74, 6) is 0.185. The summed E-state index contributed by atoms with van der Waals surface area (Å²) in [7, 11) is 0. The van der Waals surface area contributed by atoms with Crippen molar-refractivity contribution in [2.75, 3.05) is 0 Å². The highest BCUT2D eigenvalue weighted by Gasteiger charge is 2.40. The van der Waals surface area contributed by atoms with E-state index in [1.807, 2.05) is 0 Å². The van der Waals surface area contributed by atoms with Gasteiger partial charge in [-0.25, -0.2) is 4.68 Å². The van der Waals surface area contributed by atoms with Crippen molar-refractivity contribution in [1.82, 2.24) is 20.2 Å². The quantitative estimate of drug-likeness (QED) is 0.433. The first-order valence-electron chi connectivity index (χ1n) is 3.95. The first kappa shape index (κ1) is 8.54. The maximum atomic E-state index is 9.46. The Labute approximate surface area is 73.6 Å². The molecule has 0 amide bonds. The number of aliphatic hydroxyl groups excluding tert-OH is 3. The average Bonchev–Trinajstić information content (AvgIpc) is 2.59. The second-order valence-electron chi connectivity index (χ2n) is 3.15. The highest BCUT2D eigenvalue weighted by molar-refractivity contribution is 5.01. The molecule has 7 nitrogen and oxygen atoms in total. The summed E-state index contributed by atoms with van der Waals surface area (Å²) in [6.07, 6.45) is -3.50. The summed E-state index contributed by atoms with van der Waals surface area (Å²) >= 11 is 0. The lowest BCUT2D eigenvalue weighted by Crippen LogP contribution is -2.44. The van der Waals surface area contributed by atoms with E-state index in [2.05, 4.69) is 15.5 Å². The van der Waals surface area contributed by atoms with Gasteiger partial charge in [0, 0.05) is 0 Å². The summed E-state index contributed by atoms with van der Waals surface area (Å²) < 4.78 is 1.31. The van der Waals surface area contributed by atoms with Gasteiger partial charge in [-0.05, 0) is 17.4 Å². The van der Waals surface area contributed by atoms with Crippen LogP contribution in [0.5, 0.6) is 0 Å². The average molecular weight is 186 g/mol. The van der Waals surface area contributed by atoms with Gasteiger partial charge in [0.1, 0.15) is 18.3 Å². The van der Waals surface area contributed by atoms with E-state index < -0.39 is 24.4 Å². The third-order valence-electron chi connectivity index (χ3n) is 2.34. The van der Waals surface area contributed by atoms with Crippen molar-refractivity contribution in [1.29, 1.82) is 0 Å². The van der Waals surface area contributed by atoms with Crippen molar-refractivity contribution >= 4 is 0 Å². The number of nitrogens with zero attached hydrogens (tertiary/aromatic N) is 4. The van der Waals surface area contributed by atoms with Gasteiger partial charge in [-0.1, -0.05) is 0 Å². The fourth-order valence-corrected chi connectivity index (χ4v) is 1.45. The molecular formula is C6H10N4O3. The van der Waals surface area contributed by atoms with E-state index in [9.17, 15) is 15.3 Å². The number of hydrogen-bond acceptors (Lipinski definition) is 6. The van der Waals surface area contributed by atoms with Crippen LogP contribution in [0.4, 0.5) is 0 Å². The number of aliphatic hydroxyl groups is 3. The molecule has 13 heavy (non-hydrogen) atoms. The Bertz CT molecular complexity index is 286. The molecule has 0 aromatic carbocycles. The molecule has 0 radical (unpaired) electrons. The van der Waals surface area contributed by atoms with Crippen LogP contribution in [0.25, 0.3) is 0 Å². The molecule has 0 spiro atoms. The molecular weight excluding hydrogens is 176 g/mol. The molecule has 0 saturated heterocycles. The van der Waals surface area contributed by atoms with Gasteiger partial charge in [0.25, 0.3) is 0 Å². The van der Waals surface area contributed by atoms with Gasteiger partial charge >= 0.3 is 0 Å². The van der Waals surface area contributed by atoms with Crippen LogP contribution in [-0.4, -0.2) is 47.7 Å². The molecule has 2 rings (SSSR count). The summed E-state index contributed by atoms with van der Waals surface area (Å²) in [6.45, 7) is 1.67. The van der Waals surface area contributed by atoms with Crippen LogP contribution in [0.1, 0.15) is 24.9 Å². The maximum Gasteiger partial charge on any atom is 0.183 e. The Kier molecular flexibility index (Phi) is 1.79. The summed E-state index contributed by atoms with van der Waals surface area (Å²) in [5, 5.41) is 38.8. The number of fused-ring (bicyclic) bond motifs is 1. The molecule has 1 aromatic rings. The molecule has 0 saturated carbocycles. The van der Waals surface area contributed by atoms with E-state index in [4.69, 9.17) is 0 Å². The van der Waals surface area contributed by atoms with Crippen LogP contribution in [0, 0.1) is 0 Å². The van der Waals surface area contributed by atoms with Crippen LogP contribution >= 0.6 is 0 Å². The maximum absolute atomic E-state index is 9.46. The van der Waals surface area contributed by atoms with Crippen molar-refractivity contribution < 1.29 is 15.3 Å². The molecule has 1 aromatic heterocycles. The van der Waals surface area contributed by atoms with E-state index in [1.54, 1.807) is 6.92 Å². The highest BCUT2D eigenvalue weighted by atomic mass is 16.4. The number of aromatic nitrogens is 4. The van der Waals surface area contributed by atoms with Crippen molar-refractivity contribution in [3.8, 4) is 0 Å². The van der Waals surface area contributed by atoms with Crippen LogP contribution in [0.2, 0.25) is 0 Å². The molecule has 0 unspecified atom stereocenters. The Balaban J connectivity index is 2.46. The lowest BCUT2D eigenvalue weighted by Gasteiger charge is -2.32. The van der Waals surface area contributed by atoms with Crippen molar-refractivity contribution in [2.45, 2.75) is 31.3 Å². The molecule has 1 aliphatic rings. The van der Waals surface area contributed by atoms with Gasteiger partial charge in [0.15, 0.2) is 5.82 Å². The van der Waals surface area contributed by atoms with Gasteiger partial charge in [-0.15, -0.1) is 5.10 Å². The van der Waals surface area contributed by atoms with Gasteiger partial charge < -0.3 is 15.3 Å². The number of tetrazole rings is 1. The Morgan fingerprint density at radius 1 is 1.23 bits per heavy atom. The summed E-state index contributed by atoms with van der Waals surface area (Å²) in [5.41, 5.74) is 0. The predicted molar refractivity (Wildman–Crippen MR) is 39.5 cm³/mol. The fraction of sp³-hybridized carbons (Fsp3) is 0.833. The number of rotatable bonds is 0. The van der Waals surface area contributed by atoms with E-state index in [0.717, 1.165) is 0 Å². The lowest BCUT2D eigenvalue weighted by molar-refractivity contribution is -0.101. The summed E-state index contributed by atoms with van der Waals surface area (Å²) in [6, 6.07) is -0.427. The van der Waals surface area contributed by atoms with Gasteiger partial charge in [0.2, 0.25) is 0 Å². The minimum absolute atomic E-state index is 0.185. The number of hydrogen-bond donors (Lipinski definition) is 3. The van der Waals surface area contributed by atoms with Gasteiger partial charge in [-0.3, -0.25) is 0 Å². The van der Waals surface area contributed by atoms with Crippen LogP contribution in [0.3, 0.4) is 0 Å². The molecule has 3 N–H and O–H groups in total. The minimum atomic E-state index is -1.23. The fourth-order valence-electron chi connectivity index (χ4n) is 1.45. The zero-order valence-electron chi connectivity index (χ0n) is 6.94. The second-order valence-corrected chi connectivity index (χ2v) is 3.15. The predicted octanol–water partition coefficient (Wildman–Crippen LogP) is -2.00. The van der Waals surface area contributed by atoms with Gasteiger partial charge in [-0.2, -0.15) is 0 Å². The Morgan fingerprint density at radius 2 is 1.92 bits per heavy atom. The molecule has 0 aliphatic carbocycles. The second kappa shape index (κ2) is 2.72. The smallest absolute Gasteiger partial charge is 0.183 e. The topological polar surface area (TPSA) is 104 Å². The van der Waals surface area contributed by atoms with Crippen molar-refractivity contribution in [3.63, 3.8) is 0 Å². The first-order chi connectivity index (χ1) is 6.13. The molecule has 72 valence electrons. The standard InChI is InChI=1S/C6H10N4O3/c1-2-3(11)4(12)5(13)6-7-8-9-10(2)6/h2-5,11-13H,1H3/t2-,3-,4+,5+/m0/s1. The van der Waals surface area contributed by atoms with Crippen LogP contribution in [-0.2, 0) is 0 Å². The van der Waals surface area contributed by atoms with E-state index in [-0.39, 0.29) is 5.82 Å². The van der Waals surface area contributed by atoms with Gasteiger partial charge in [0.05, 0.1) is 6.04 Å². The Morgan fingerprint density at radius 3 is 2.62 bits per heavy atom. The lowest BCUT2D eigenvalue weighted by atomic mass is 9.97. The molecule has 1 aliphatic heterocycles. The van der Waals surface area contributed by atoms with E-state index in [1.165, 1.54) is 4.68 Å². The zero-order chi connectivity index (χ0) is 9.59. The third kappa shape index (κ3) is 1.05. The monoisotopic (exact) mass is 186 g/mol. The molecule has 4 atom stereocenters. The molecule has 2 heterocycles. The summed E-state index contributed by atoms with van der Waals surface area (Å²) in [4.78, 5) is 0. The van der Waals surface area contributed by atoms with Crippen molar-refractivity contribution in [2.24, 2.45) is 0 Å². The third-order valence-corrected chi connectivity index (χ3v) is 2.34. The van der Waals surface area contributed by atoms with Crippen molar-refractivity contribution in [3.05, 3.63) is 5.82 Å².